The van der Waals surface area contributed by atoms with E-state index < -0.39 is 0 Å². The summed E-state index contributed by atoms with van der Waals surface area (Å²) in [6.45, 7) is 3.36. The molecule has 6 nitrogen and oxygen atoms in total. The van der Waals surface area contributed by atoms with Gasteiger partial charge in [-0.1, -0.05) is 18.2 Å². The van der Waals surface area contributed by atoms with Crippen LogP contribution in [0.15, 0.2) is 48.5 Å². The molecular weight excluding hydrogens is 320 g/mol. The molecule has 0 aliphatic carbocycles. The Labute approximate surface area is 147 Å². The summed E-state index contributed by atoms with van der Waals surface area (Å²) in [5, 5.41) is 2.89. The van der Waals surface area contributed by atoms with E-state index in [1.807, 2.05) is 49.4 Å². The number of rotatable bonds is 5. The van der Waals surface area contributed by atoms with Crippen LogP contribution in [0.1, 0.15) is 6.92 Å². The Morgan fingerprint density at radius 2 is 2.04 bits per heavy atom. The number of nitrogens with zero attached hydrogens (tertiary/aromatic N) is 1. The van der Waals surface area contributed by atoms with Gasteiger partial charge in [-0.2, -0.15) is 0 Å². The van der Waals surface area contributed by atoms with Gasteiger partial charge in [-0.25, -0.2) is 4.79 Å². The van der Waals surface area contributed by atoms with E-state index in [1.54, 1.807) is 18.1 Å². The molecule has 1 atom stereocenters. The fourth-order valence-corrected chi connectivity index (χ4v) is 2.66. The lowest BCUT2D eigenvalue weighted by molar-refractivity contribution is 0.0693. The third-order valence-corrected chi connectivity index (χ3v) is 3.98. The molecule has 6 heteroatoms. The molecule has 1 N–H and O–H groups in total. The lowest BCUT2D eigenvalue weighted by Gasteiger charge is -2.31. The van der Waals surface area contributed by atoms with E-state index >= 15 is 0 Å². The Bertz CT molecular complexity index is 735. The van der Waals surface area contributed by atoms with Gasteiger partial charge in [-0.3, -0.25) is 0 Å². The summed E-state index contributed by atoms with van der Waals surface area (Å²) in [4.78, 5) is 14.2. The molecule has 0 saturated carbocycles. The molecule has 2 aromatic carbocycles. The first-order valence-electron chi connectivity index (χ1n) is 8.28. The second-order valence-corrected chi connectivity index (χ2v) is 5.70. The van der Waals surface area contributed by atoms with Crippen molar-refractivity contribution >= 4 is 11.7 Å². The van der Waals surface area contributed by atoms with Crippen LogP contribution in [0.5, 0.6) is 17.2 Å². The molecular formula is C19H22N2O4. The minimum Gasteiger partial charge on any atom is -0.497 e. The first kappa shape index (κ1) is 17.0. The first-order valence-corrected chi connectivity index (χ1v) is 8.28. The summed E-state index contributed by atoms with van der Waals surface area (Å²) >= 11 is 0. The molecule has 0 spiro atoms. The minimum atomic E-state index is -0.203. The van der Waals surface area contributed by atoms with Crippen LogP contribution < -0.4 is 19.5 Å². The molecule has 0 saturated heterocycles. The van der Waals surface area contributed by atoms with Gasteiger partial charge in [-0.05, 0) is 31.2 Å². The van der Waals surface area contributed by atoms with Crippen molar-refractivity contribution in [3.63, 3.8) is 0 Å². The van der Waals surface area contributed by atoms with Gasteiger partial charge in [0.05, 0.1) is 13.7 Å². The highest BCUT2D eigenvalue weighted by atomic mass is 16.6. The fourth-order valence-electron chi connectivity index (χ4n) is 2.66. The monoisotopic (exact) mass is 342 g/mol. The zero-order valence-electron chi connectivity index (χ0n) is 14.4. The van der Waals surface area contributed by atoms with E-state index in [4.69, 9.17) is 14.2 Å². The van der Waals surface area contributed by atoms with Crippen molar-refractivity contribution in [2.75, 3.05) is 32.1 Å². The zero-order chi connectivity index (χ0) is 17.6. The lowest BCUT2D eigenvalue weighted by atomic mass is 10.2. The number of amides is 2. The summed E-state index contributed by atoms with van der Waals surface area (Å²) in [7, 11) is 1.59. The van der Waals surface area contributed by atoms with E-state index in [9.17, 15) is 4.79 Å². The SMILES string of the molecule is CCN(CC1COc2ccccc2O1)C(=O)Nc1cccc(OC)c1. The third kappa shape index (κ3) is 4.15. The number of hydrogen-bond donors (Lipinski definition) is 1. The van der Waals surface area contributed by atoms with Gasteiger partial charge in [0.2, 0.25) is 0 Å². The highest BCUT2D eigenvalue weighted by Crippen LogP contribution is 2.31. The van der Waals surface area contributed by atoms with Gasteiger partial charge in [0.15, 0.2) is 17.6 Å². The van der Waals surface area contributed by atoms with Crippen LogP contribution >= 0.6 is 0 Å². The maximum absolute atomic E-state index is 12.5. The molecule has 25 heavy (non-hydrogen) atoms. The van der Waals surface area contributed by atoms with Gasteiger partial charge in [0.25, 0.3) is 0 Å². The minimum absolute atomic E-state index is 0.182. The zero-order valence-corrected chi connectivity index (χ0v) is 14.4. The molecule has 0 radical (unpaired) electrons. The van der Waals surface area contributed by atoms with Crippen LogP contribution in [-0.4, -0.2) is 43.8 Å². The summed E-state index contributed by atoms with van der Waals surface area (Å²) < 4.78 is 16.8. The van der Waals surface area contributed by atoms with Crippen LogP contribution in [0.25, 0.3) is 0 Å². The highest BCUT2D eigenvalue weighted by Gasteiger charge is 2.24. The number of anilines is 1. The van der Waals surface area contributed by atoms with Gasteiger partial charge in [-0.15, -0.1) is 0 Å². The number of likely N-dealkylation sites (N-methyl/N-ethyl adjacent to an activating group) is 1. The number of methoxy groups -OCH3 is 1. The first-order chi connectivity index (χ1) is 12.2. The van der Waals surface area contributed by atoms with Crippen LogP contribution in [0.3, 0.4) is 0 Å². The van der Waals surface area contributed by atoms with Gasteiger partial charge in [0, 0.05) is 18.3 Å². The number of benzene rings is 2. The van der Waals surface area contributed by atoms with E-state index in [0.717, 1.165) is 5.75 Å². The summed E-state index contributed by atoms with van der Waals surface area (Å²) in [6.07, 6.45) is -0.203. The maximum atomic E-state index is 12.5. The number of carbonyl (C=O) groups is 1. The maximum Gasteiger partial charge on any atom is 0.321 e. The van der Waals surface area contributed by atoms with Crippen molar-refractivity contribution < 1.29 is 19.0 Å². The topological polar surface area (TPSA) is 60.0 Å². The Morgan fingerprint density at radius 3 is 2.80 bits per heavy atom. The smallest absolute Gasteiger partial charge is 0.321 e. The predicted molar refractivity (Wildman–Crippen MR) is 95.6 cm³/mol. The van der Waals surface area contributed by atoms with E-state index in [2.05, 4.69) is 5.32 Å². The molecule has 0 bridgehead atoms. The second kappa shape index (κ2) is 7.79. The van der Waals surface area contributed by atoms with E-state index in [0.29, 0.717) is 36.9 Å². The Balaban J connectivity index is 1.61. The van der Waals surface area contributed by atoms with Crippen molar-refractivity contribution in [3.05, 3.63) is 48.5 Å². The highest BCUT2D eigenvalue weighted by molar-refractivity contribution is 5.89. The predicted octanol–water partition coefficient (Wildman–Crippen LogP) is 3.39. The Hall–Kier alpha value is -2.89. The number of carbonyl (C=O) groups excluding carboxylic acids is 1. The Kier molecular flexibility index (Phi) is 5.28. The molecule has 1 aliphatic rings. The molecule has 132 valence electrons. The van der Waals surface area contributed by atoms with E-state index in [1.165, 1.54) is 0 Å². The molecule has 1 aliphatic heterocycles. The van der Waals surface area contributed by atoms with Crippen LogP contribution in [0, 0.1) is 0 Å². The number of para-hydroxylation sites is 2. The number of fused-ring (bicyclic) bond motifs is 1. The largest absolute Gasteiger partial charge is 0.497 e. The van der Waals surface area contributed by atoms with Crippen molar-refractivity contribution in [2.24, 2.45) is 0 Å². The summed E-state index contributed by atoms with van der Waals surface area (Å²) in [5.74, 6) is 2.15. The van der Waals surface area contributed by atoms with Crippen molar-refractivity contribution in [3.8, 4) is 17.2 Å². The average molecular weight is 342 g/mol. The van der Waals surface area contributed by atoms with Crippen LogP contribution in [-0.2, 0) is 0 Å². The van der Waals surface area contributed by atoms with Gasteiger partial charge in [0.1, 0.15) is 12.4 Å². The van der Waals surface area contributed by atoms with Crippen molar-refractivity contribution in [1.29, 1.82) is 0 Å². The second-order valence-electron chi connectivity index (χ2n) is 5.70. The number of urea groups is 1. The molecule has 0 aromatic heterocycles. The van der Waals surface area contributed by atoms with Crippen molar-refractivity contribution in [1.82, 2.24) is 4.90 Å². The third-order valence-electron chi connectivity index (χ3n) is 3.98. The van der Waals surface area contributed by atoms with Crippen molar-refractivity contribution in [2.45, 2.75) is 13.0 Å². The average Bonchev–Trinajstić information content (AvgIpc) is 2.66. The van der Waals surface area contributed by atoms with Crippen LogP contribution in [0.2, 0.25) is 0 Å². The molecule has 1 heterocycles. The molecule has 3 rings (SSSR count). The molecule has 0 fully saturated rings. The molecule has 2 amide bonds. The lowest BCUT2D eigenvalue weighted by Crippen LogP contribution is -2.45. The Morgan fingerprint density at radius 1 is 1.24 bits per heavy atom. The number of hydrogen-bond acceptors (Lipinski definition) is 4. The normalized spacial score (nSPS) is 15.4. The molecule has 1 unspecified atom stereocenters. The summed E-state index contributed by atoms with van der Waals surface area (Å²) in [6, 6.07) is 14.6. The quantitative estimate of drug-likeness (QED) is 0.905. The molecule has 2 aromatic rings. The standard InChI is InChI=1S/C19H22N2O4/c1-3-21(19(22)20-14-7-6-8-15(11-14)23-2)12-16-13-24-17-9-4-5-10-18(17)25-16/h4-11,16H,3,12-13H2,1-2H3,(H,20,22). The van der Waals surface area contributed by atoms with Gasteiger partial charge >= 0.3 is 6.03 Å². The van der Waals surface area contributed by atoms with Gasteiger partial charge < -0.3 is 24.4 Å². The number of ether oxygens (including phenoxy) is 3. The van der Waals surface area contributed by atoms with Crippen LogP contribution in [0.4, 0.5) is 10.5 Å². The number of nitrogens with one attached hydrogen (secondary N) is 1. The summed E-state index contributed by atoms with van der Waals surface area (Å²) in [5.41, 5.74) is 0.689. The van der Waals surface area contributed by atoms with E-state index in [-0.39, 0.29) is 12.1 Å². The fraction of sp³-hybridized carbons (Fsp3) is 0.316.